The number of carbonyl (C=O) groups is 1. The minimum Gasteiger partial charge on any atom is -0.490 e. The predicted molar refractivity (Wildman–Crippen MR) is 109 cm³/mol. The lowest BCUT2D eigenvalue weighted by Gasteiger charge is -2.08. The van der Waals surface area contributed by atoms with E-state index in [1.807, 2.05) is 0 Å². The number of alkyl halides is 3. The highest BCUT2D eigenvalue weighted by Gasteiger charge is 2.30. The standard InChI is InChI=1S/C21H14BrF5N2O3/c22-19-18(11-4-6-12(7-5-11)21(25,26)27)29-15(32-19)3-1-2-10-31-14-9-8-13(23)16(17(14)24)20(28)30/h1,3-9H,2,10H2,(H2,28,30). The number of benzene rings is 2. The van der Waals surface area contributed by atoms with Crippen LogP contribution in [0.25, 0.3) is 17.3 Å². The van der Waals surface area contributed by atoms with E-state index < -0.39 is 34.8 Å². The fraction of sp³-hybridized carbons (Fsp3) is 0.143. The molecule has 3 rings (SSSR count). The van der Waals surface area contributed by atoms with E-state index in [0.717, 1.165) is 24.3 Å². The van der Waals surface area contributed by atoms with Crippen molar-refractivity contribution in [1.29, 1.82) is 0 Å². The molecular weight excluding hydrogens is 503 g/mol. The summed E-state index contributed by atoms with van der Waals surface area (Å²) in [6.07, 6.45) is -1.06. The summed E-state index contributed by atoms with van der Waals surface area (Å²) in [5.41, 5.74) is 4.04. The van der Waals surface area contributed by atoms with Gasteiger partial charge in [-0.25, -0.2) is 13.8 Å². The van der Waals surface area contributed by atoms with Crippen molar-refractivity contribution in [1.82, 2.24) is 4.98 Å². The van der Waals surface area contributed by atoms with E-state index in [0.29, 0.717) is 11.3 Å². The van der Waals surface area contributed by atoms with Crippen LogP contribution in [0.15, 0.2) is 51.6 Å². The Hall–Kier alpha value is -3.21. The van der Waals surface area contributed by atoms with Crippen LogP contribution in [0.3, 0.4) is 0 Å². The van der Waals surface area contributed by atoms with Crippen LogP contribution in [0.1, 0.15) is 28.2 Å². The van der Waals surface area contributed by atoms with Crippen LogP contribution in [-0.4, -0.2) is 17.5 Å². The molecule has 0 unspecified atom stereocenters. The minimum absolute atomic E-state index is 0.00903. The van der Waals surface area contributed by atoms with E-state index in [-0.39, 0.29) is 29.3 Å². The smallest absolute Gasteiger partial charge is 0.416 e. The molecular formula is C21H14BrF5N2O3. The van der Waals surface area contributed by atoms with Crippen molar-refractivity contribution >= 4 is 27.9 Å². The maximum Gasteiger partial charge on any atom is 0.416 e. The van der Waals surface area contributed by atoms with Gasteiger partial charge in [0, 0.05) is 5.56 Å². The summed E-state index contributed by atoms with van der Waals surface area (Å²) in [5, 5.41) is 0. The fourth-order valence-corrected chi connectivity index (χ4v) is 3.16. The van der Waals surface area contributed by atoms with Crippen LogP contribution in [0.4, 0.5) is 22.0 Å². The number of rotatable bonds is 7. The third-order valence-electron chi connectivity index (χ3n) is 4.19. The highest BCUT2D eigenvalue weighted by atomic mass is 79.9. The SMILES string of the molecule is NC(=O)c1c(F)ccc(OCCC=Cc2nc(-c3ccc(C(F)(F)F)cc3)c(Br)o2)c1F. The Morgan fingerprint density at radius 3 is 2.47 bits per heavy atom. The molecule has 0 radical (unpaired) electrons. The molecule has 1 heterocycles. The number of amides is 1. The maximum atomic E-state index is 14.1. The van der Waals surface area contributed by atoms with E-state index in [9.17, 15) is 26.7 Å². The first kappa shape index (κ1) is 23.5. The van der Waals surface area contributed by atoms with Gasteiger partial charge in [0.1, 0.15) is 17.1 Å². The Kier molecular flexibility index (Phi) is 6.97. The summed E-state index contributed by atoms with van der Waals surface area (Å²) in [7, 11) is 0. The summed E-state index contributed by atoms with van der Waals surface area (Å²) in [4.78, 5) is 15.3. The number of nitrogens with two attached hydrogens (primary N) is 1. The van der Waals surface area contributed by atoms with E-state index in [4.69, 9.17) is 14.9 Å². The zero-order chi connectivity index (χ0) is 23.5. The normalized spacial score (nSPS) is 11.8. The molecule has 11 heteroatoms. The quantitative estimate of drug-likeness (QED) is 0.309. The molecule has 0 fully saturated rings. The average Bonchev–Trinajstić information content (AvgIpc) is 3.09. The number of oxazole rings is 1. The van der Waals surface area contributed by atoms with Gasteiger partial charge in [-0.05, 0) is 52.7 Å². The number of carbonyl (C=O) groups excluding carboxylic acids is 1. The van der Waals surface area contributed by atoms with E-state index in [1.54, 1.807) is 6.08 Å². The van der Waals surface area contributed by atoms with Crippen LogP contribution >= 0.6 is 15.9 Å². The number of ether oxygens (including phenoxy) is 1. The molecule has 2 N–H and O–H groups in total. The number of aromatic nitrogens is 1. The van der Waals surface area contributed by atoms with Gasteiger partial charge in [-0.2, -0.15) is 13.2 Å². The minimum atomic E-state index is -4.44. The van der Waals surface area contributed by atoms with Crippen LogP contribution < -0.4 is 10.5 Å². The fourth-order valence-electron chi connectivity index (χ4n) is 2.68. The Bertz CT molecular complexity index is 1160. The molecule has 5 nitrogen and oxygen atoms in total. The number of hydrogen-bond donors (Lipinski definition) is 1. The lowest BCUT2D eigenvalue weighted by Crippen LogP contribution is -2.16. The highest BCUT2D eigenvalue weighted by molar-refractivity contribution is 9.10. The van der Waals surface area contributed by atoms with Gasteiger partial charge in [0.25, 0.3) is 5.91 Å². The summed E-state index contributed by atoms with van der Waals surface area (Å²) in [6, 6.07) is 6.38. The van der Waals surface area contributed by atoms with Crippen molar-refractivity contribution in [2.75, 3.05) is 6.61 Å². The van der Waals surface area contributed by atoms with Crippen LogP contribution in [-0.2, 0) is 6.18 Å². The molecule has 0 aliphatic carbocycles. The van der Waals surface area contributed by atoms with Crippen molar-refractivity contribution in [3.8, 4) is 17.0 Å². The Balaban J connectivity index is 1.62. The molecule has 0 atom stereocenters. The van der Waals surface area contributed by atoms with Gasteiger partial charge in [-0.15, -0.1) is 0 Å². The highest BCUT2D eigenvalue weighted by Crippen LogP contribution is 2.33. The Morgan fingerprint density at radius 2 is 1.84 bits per heavy atom. The molecule has 3 aromatic rings. The Labute approximate surface area is 186 Å². The van der Waals surface area contributed by atoms with Crippen molar-refractivity contribution in [3.05, 3.63) is 75.8 Å². The number of hydrogen-bond acceptors (Lipinski definition) is 4. The lowest BCUT2D eigenvalue weighted by molar-refractivity contribution is -0.137. The monoisotopic (exact) mass is 516 g/mol. The van der Waals surface area contributed by atoms with Gasteiger partial charge in [-0.1, -0.05) is 18.2 Å². The van der Waals surface area contributed by atoms with Crippen LogP contribution in [0, 0.1) is 11.6 Å². The third-order valence-corrected chi connectivity index (χ3v) is 4.73. The molecule has 0 aliphatic rings. The van der Waals surface area contributed by atoms with E-state index in [2.05, 4.69) is 20.9 Å². The number of nitrogens with zero attached hydrogens (tertiary/aromatic N) is 1. The van der Waals surface area contributed by atoms with E-state index in [1.165, 1.54) is 18.2 Å². The average molecular weight is 517 g/mol. The first-order valence-electron chi connectivity index (χ1n) is 8.99. The van der Waals surface area contributed by atoms with Crippen molar-refractivity contribution in [3.63, 3.8) is 0 Å². The van der Waals surface area contributed by atoms with Crippen LogP contribution in [0.5, 0.6) is 5.75 Å². The summed E-state index contributed by atoms with van der Waals surface area (Å²) in [6.45, 7) is -0.00903. The first-order chi connectivity index (χ1) is 15.1. The molecule has 0 saturated carbocycles. The topological polar surface area (TPSA) is 78.4 Å². The molecule has 0 saturated heterocycles. The second-order valence-electron chi connectivity index (χ2n) is 6.39. The van der Waals surface area contributed by atoms with Gasteiger partial charge in [0.2, 0.25) is 5.89 Å². The summed E-state index contributed by atoms with van der Waals surface area (Å²) in [5.74, 6) is -3.66. The van der Waals surface area contributed by atoms with E-state index >= 15 is 0 Å². The van der Waals surface area contributed by atoms with Gasteiger partial charge >= 0.3 is 6.18 Å². The zero-order valence-electron chi connectivity index (χ0n) is 16.1. The summed E-state index contributed by atoms with van der Waals surface area (Å²) >= 11 is 3.18. The van der Waals surface area contributed by atoms with Gasteiger partial charge < -0.3 is 14.9 Å². The third kappa shape index (κ3) is 5.34. The van der Waals surface area contributed by atoms with Crippen molar-refractivity contribution in [2.45, 2.75) is 12.6 Å². The molecule has 0 bridgehead atoms. The predicted octanol–water partition coefficient (Wildman–Crippen LogP) is 5.98. The zero-order valence-corrected chi connectivity index (χ0v) is 17.6. The second-order valence-corrected chi connectivity index (χ2v) is 7.11. The number of halogens is 6. The summed E-state index contributed by atoms with van der Waals surface area (Å²) < 4.78 is 76.5. The molecule has 32 heavy (non-hydrogen) atoms. The first-order valence-corrected chi connectivity index (χ1v) is 9.78. The molecule has 0 aliphatic heterocycles. The van der Waals surface area contributed by atoms with Crippen molar-refractivity contribution in [2.24, 2.45) is 5.73 Å². The van der Waals surface area contributed by atoms with Gasteiger partial charge in [0.05, 0.1) is 12.2 Å². The second kappa shape index (κ2) is 9.51. The molecule has 168 valence electrons. The maximum absolute atomic E-state index is 14.1. The van der Waals surface area contributed by atoms with Crippen LogP contribution in [0.2, 0.25) is 0 Å². The van der Waals surface area contributed by atoms with Gasteiger partial charge in [0.15, 0.2) is 16.2 Å². The van der Waals surface area contributed by atoms with Crippen molar-refractivity contribution < 1.29 is 35.9 Å². The Morgan fingerprint density at radius 1 is 1.16 bits per heavy atom. The largest absolute Gasteiger partial charge is 0.490 e. The molecule has 1 aromatic heterocycles. The molecule has 1 amide bonds. The lowest BCUT2D eigenvalue weighted by atomic mass is 10.1. The number of primary amides is 1. The molecule has 0 spiro atoms. The molecule has 2 aromatic carbocycles. The van der Waals surface area contributed by atoms with Gasteiger partial charge in [-0.3, -0.25) is 4.79 Å².